The first-order valence-corrected chi connectivity index (χ1v) is 13.2. The molecule has 2 aliphatic rings. The number of hydrogen-bond acceptors (Lipinski definition) is 14. The summed E-state index contributed by atoms with van der Waals surface area (Å²) in [5.74, 6) is -0.0864. The third kappa shape index (κ3) is 4.66. The summed E-state index contributed by atoms with van der Waals surface area (Å²) in [5, 5.41) is 61.9. The molecule has 2 aromatic carbocycles. The number of aliphatic hydroxyl groups is 6. The first-order valence-electron chi connectivity index (χ1n) is 13.2. The molecule has 42 heavy (non-hydrogen) atoms. The van der Waals surface area contributed by atoms with Crippen molar-refractivity contribution in [2.24, 2.45) is 0 Å². The van der Waals surface area contributed by atoms with Crippen LogP contribution in [-0.2, 0) is 14.2 Å². The molecule has 0 aliphatic carbocycles. The quantitative estimate of drug-likeness (QED) is 0.0944. The number of hydrogen-bond donors (Lipinski definition) is 6. The predicted molar refractivity (Wildman–Crippen MR) is 142 cm³/mol. The van der Waals surface area contributed by atoms with Crippen LogP contribution in [0, 0.1) is 0 Å². The van der Waals surface area contributed by atoms with Crippen molar-refractivity contribution < 1.29 is 58.4 Å². The molecule has 0 spiro atoms. The molecule has 6 N–H and O–H groups in total. The topological polar surface area (TPSA) is 219 Å². The van der Waals surface area contributed by atoms with Gasteiger partial charge in [0.15, 0.2) is 34.7 Å². The Morgan fingerprint density at radius 3 is 2.26 bits per heavy atom. The molecule has 0 amide bonds. The van der Waals surface area contributed by atoms with Crippen molar-refractivity contribution in [2.75, 3.05) is 6.61 Å². The molecule has 6 rings (SSSR count). The van der Waals surface area contributed by atoms with Gasteiger partial charge in [-0.3, -0.25) is 4.79 Å². The molecule has 0 radical (unpaired) electrons. The van der Waals surface area contributed by atoms with Crippen LogP contribution in [0.5, 0.6) is 5.75 Å². The first-order chi connectivity index (χ1) is 20.1. The van der Waals surface area contributed by atoms with Gasteiger partial charge in [0, 0.05) is 0 Å². The number of aliphatic hydroxyl groups excluding tert-OH is 6. The van der Waals surface area contributed by atoms with Gasteiger partial charge in [-0.1, -0.05) is 18.2 Å². The van der Waals surface area contributed by atoms with Crippen molar-refractivity contribution in [2.45, 2.75) is 68.3 Å². The van der Waals surface area contributed by atoms with Gasteiger partial charge in [-0.25, -0.2) is 4.79 Å². The Hall–Kier alpha value is -3.44. The zero-order valence-corrected chi connectivity index (χ0v) is 22.0. The maximum atomic E-state index is 13.4. The standard InChI is InChI=1S/C28H28O14/c1-10-17(30)20(33)22(35)27(37-10)42-25-21(34)19(32)15(9-29)40-28(25)39-14-8-4-6-12-18(31)16-24(41-23(12)14)11-5-2-3-7-13(11)38-26(16)36/h2-8,10,15,17,19-22,25,27-30,32-35H,9H2,1H3. The second-order valence-corrected chi connectivity index (χ2v) is 10.3. The fourth-order valence-corrected chi connectivity index (χ4v) is 5.25. The molecular weight excluding hydrogens is 560 g/mol. The van der Waals surface area contributed by atoms with Crippen LogP contribution in [0.3, 0.4) is 0 Å². The summed E-state index contributed by atoms with van der Waals surface area (Å²) in [6.45, 7) is 0.716. The van der Waals surface area contributed by atoms with Crippen LogP contribution in [0.4, 0.5) is 0 Å². The van der Waals surface area contributed by atoms with Crippen LogP contribution >= 0.6 is 0 Å². The molecule has 2 aliphatic heterocycles. The lowest BCUT2D eigenvalue weighted by Gasteiger charge is -2.45. The molecule has 14 heteroatoms. The third-order valence-corrected chi connectivity index (χ3v) is 7.59. The van der Waals surface area contributed by atoms with E-state index in [1.165, 1.54) is 25.1 Å². The van der Waals surface area contributed by atoms with E-state index in [9.17, 15) is 40.2 Å². The Kier molecular flexibility index (Phi) is 7.51. The summed E-state index contributed by atoms with van der Waals surface area (Å²) < 4.78 is 34.3. The monoisotopic (exact) mass is 588 g/mol. The summed E-state index contributed by atoms with van der Waals surface area (Å²) in [7, 11) is 0. The summed E-state index contributed by atoms with van der Waals surface area (Å²) in [6.07, 6.45) is -15.3. The molecule has 14 nitrogen and oxygen atoms in total. The van der Waals surface area contributed by atoms with E-state index in [2.05, 4.69) is 0 Å². The van der Waals surface area contributed by atoms with E-state index < -0.39 is 79.1 Å². The van der Waals surface area contributed by atoms with Gasteiger partial charge in [0.05, 0.1) is 23.5 Å². The molecule has 2 aromatic heterocycles. The number of rotatable bonds is 5. The van der Waals surface area contributed by atoms with Crippen LogP contribution in [0.15, 0.2) is 60.9 Å². The van der Waals surface area contributed by atoms with E-state index in [4.69, 9.17) is 27.8 Å². The molecule has 0 saturated carbocycles. The normalized spacial score (nSPS) is 33.8. The highest BCUT2D eigenvalue weighted by atomic mass is 16.8. The van der Waals surface area contributed by atoms with Gasteiger partial charge >= 0.3 is 5.63 Å². The average Bonchev–Trinajstić information content (AvgIpc) is 2.98. The zero-order chi connectivity index (χ0) is 29.9. The summed E-state index contributed by atoms with van der Waals surface area (Å²) in [5.41, 5.74) is -1.51. The lowest BCUT2D eigenvalue weighted by molar-refractivity contribution is -0.354. The molecule has 2 fully saturated rings. The Morgan fingerprint density at radius 1 is 0.762 bits per heavy atom. The van der Waals surface area contributed by atoms with E-state index in [1.807, 2.05) is 0 Å². The summed E-state index contributed by atoms with van der Waals surface area (Å²) in [4.78, 5) is 26.1. The van der Waals surface area contributed by atoms with Gasteiger partial charge < -0.3 is 58.4 Å². The van der Waals surface area contributed by atoms with Crippen LogP contribution in [0.25, 0.3) is 32.9 Å². The largest absolute Gasteiger partial charge is 0.458 e. The first kappa shape index (κ1) is 28.7. The maximum absolute atomic E-state index is 13.4. The van der Waals surface area contributed by atoms with Crippen molar-refractivity contribution in [1.82, 2.24) is 0 Å². The predicted octanol–water partition coefficient (Wildman–Crippen LogP) is -0.917. The molecule has 2 saturated heterocycles. The van der Waals surface area contributed by atoms with Crippen LogP contribution in [0.1, 0.15) is 6.92 Å². The van der Waals surface area contributed by atoms with Gasteiger partial charge in [-0.2, -0.15) is 0 Å². The second-order valence-electron chi connectivity index (χ2n) is 10.3. The minimum absolute atomic E-state index is 0.0351. The van der Waals surface area contributed by atoms with E-state index in [1.54, 1.807) is 24.3 Å². The lowest BCUT2D eigenvalue weighted by atomic mass is 9.97. The number of benzene rings is 2. The molecular formula is C28H28O14. The Balaban J connectivity index is 1.43. The highest BCUT2D eigenvalue weighted by Crippen LogP contribution is 2.34. The van der Waals surface area contributed by atoms with Crippen molar-refractivity contribution in [3.8, 4) is 5.75 Å². The number of ether oxygens (including phenoxy) is 4. The SMILES string of the molecule is CC1OC(OC2C(Oc3cccc4c(=O)c5c(=O)oc6ccccc6c5oc34)OC(CO)C(O)C2O)C(O)C(O)C1O. The zero-order valence-electron chi connectivity index (χ0n) is 22.0. The number of para-hydroxylation sites is 2. The fraction of sp³-hybridized carbons (Fsp3) is 0.429. The van der Waals surface area contributed by atoms with E-state index in [0.717, 1.165) is 0 Å². The smallest absolute Gasteiger partial charge is 0.351 e. The number of fused-ring (bicyclic) bond motifs is 4. The highest BCUT2D eigenvalue weighted by Gasteiger charge is 2.51. The van der Waals surface area contributed by atoms with Crippen molar-refractivity contribution >= 4 is 32.9 Å². The lowest BCUT2D eigenvalue weighted by Crippen LogP contribution is -2.64. The summed E-state index contributed by atoms with van der Waals surface area (Å²) in [6, 6.07) is 10.8. The van der Waals surface area contributed by atoms with Crippen LogP contribution in [0.2, 0.25) is 0 Å². The van der Waals surface area contributed by atoms with Crippen molar-refractivity contribution in [1.29, 1.82) is 0 Å². The van der Waals surface area contributed by atoms with Crippen LogP contribution < -0.4 is 15.8 Å². The van der Waals surface area contributed by atoms with Crippen LogP contribution in [-0.4, -0.2) is 98.7 Å². The van der Waals surface area contributed by atoms with Gasteiger partial charge in [0.25, 0.3) is 0 Å². The van der Waals surface area contributed by atoms with E-state index in [-0.39, 0.29) is 33.3 Å². The highest BCUT2D eigenvalue weighted by molar-refractivity contribution is 6.04. The molecule has 10 unspecified atom stereocenters. The fourth-order valence-electron chi connectivity index (χ4n) is 5.25. The van der Waals surface area contributed by atoms with Crippen molar-refractivity contribution in [3.05, 3.63) is 63.1 Å². The molecule has 224 valence electrons. The van der Waals surface area contributed by atoms with Gasteiger partial charge in [-0.05, 0) is 31.2 Å². The van der Waals surface area contributed by atoms with Crippen molar-refractivity contribution in [3.63, 3.8) is 0 Å². The van der Waals surface area contributed by atoms with Gasteiger partial charge in [-0.15, -0.1) is 0 Å². The van der Waals surface area contributed by atoms with E-state index >= 15 is 0 Å². The molecule has 0 bridgehead atoms. The summed E-state index contributed by atoms with van der Waals surface area (Å²) >= 11 is 0. The average molecular weight is 589 g/mol. The minimum Gasteiger partial charge on any atom is -0.458 e. The van der Waals surface area contributed by atoms with Gasteiger partial charge in [0.1, 0.15) is 42.2 Å². The Labute approximate surface area is 235 Å². The van der Waals surface area contributed by atoms with E-state index in [0.29, 0.717) is 5.39 Å². The van der Waals surface area contributed by atoms with Gasteiger partial charge in [0.2, 0.25) is 11.7 Å². The molecule has 10 atom stereocenters. The molecule has 4 heterocycles. The molecule has 4 aromatic rings. The Morgan fingerprint density at radius 2 is 1.50 bits per heavy atom. The maximum Gasteiger partial charge on any atom is 0.351 e. The second kappa shape index (κ2) is 11.0. The third-order valence-electron chi connectivity index (χ3n) is 7.59. The minimum atomic E-state index is -1.76. The Bertz CT molecular complexity index is 1730.